The van der Waals surface area contributed by atoms with Gasteiger partial charge >= 0.3 is 0 Å². The third-order valence-corrected chi connectivity index (χ3v) is 9.00. The van der Waals surface area contributed by atoms with Crippen molar-refractivity contribution in [1.82, 2.24) is 5.32 Å². The van der Waals surface area contributed by atoms with E-state index in [-0.39, 0.29) is 29.2 Å². The number of nitrogens with zero attached hydrogens (tertiary/aromatic N) is 1. The molecule has 10 heteroatoms. The fourth-order valence-corrected chi connectivity index (χ4v) is 6.42. The van der Waals surface area contributed by atoms with Gasteiger partial charge in [-0.3, -0.25) is 9.79 Å². The van der Waals surface area contributed by atoms with Crippen molar-refractivity contribution in [3.05, 3.63) is 53.6 Å². The van der Waals surface area contributed by atoms with E-state index in [4.69, 9.17) is 19.9 Å². The van der Waals surface area contributed by atoms with Gasteiger partial charge in [0.2, 0.25) is 0 Å². The lowest BCUT2D eigenvalue weighted by atomic mass is 9.92. The highest BCUT2D eigenvalue weighted by molar-refractivity contribution is 5.94. The van der Waals surface area contributed by atoms with E-state index < -0.39 is 5.60 Å². The molecule has 1 saturated carbocycles. The summed E-state index contributed by atoms with van der Waals surface area (Å²) >= 11 is 0. The van der Waals surface area contributed by atoms with Gasteiger partial charge in [0.15, 0.2) is 34.7 Å². The van der Waals surface area contributed by atoms with Crippen LogP contribution in [0, 0.1) is 11.8 Å². The Hall–Kier alpha value is -3.76. The topological polar surface area (TPSA) is 148 Å². The molecular formula is C37H56N4O6. The first kappa shape index (κ1) is 37.7. The highest BCUT2D eigenvalue weighted by Crippen LogP contribution is 2.44. The van der Waals surface area contributed by atoms with E-state index in [1.165, 1.54) is 7.11 Å². The highest BCUT2D eigenvalue weighted by Gasteiger charge is 2.41. The Morgan fingerprint density at radius 2 is 1.96 bits per heavy atom. The van der Waals surface area contributed by atoms with Crippen molar-refractivity contribution >= 4 is 17.4 Å². The molecule has 0 aromatic heterocycles. The molecule has 2 aromatic carbocycles. The number of anilines is 1. The summed E-state index contributed by atoms with van der Waals surface area (Å²) in [5, 5.41) is 27.6. The molecule has 2 aromatic rings. The summed E-state index contributed by atoms with van der Waals surface area (Å²) in [6.45, 7) is 3.55. The van der Waals surface area contributed by atoms with E-state index in [2.05, 4.69) is 22.5 Å². The highest BCUT2D eigenvalue weighted by atomic mass is 16.5. The minimum Gasteiger partial charge on any atom is -0.504 e. The maximum absolute atomic E-state index is 12.9. The number of aliphatic imine (C=N–C) groups is 1. The van der Waals surface area contributed by atoms with Gasteiger partial charge in [-0.05, 0) is 105 Å². The summed E-state index contributed by atoms with van der Waals surface area (Å²) < 4.78 is 17.3. The zero-order chi connectivity index (χ0) is 34.2. The van der Waals surface area contributed by atoms with Gasteiger partial charge in [0.25, 0.3) is 0 Å². The molecule has 0 unspecified atom stereocenters. The summed E-state index contributed by atoms with van der Waals surface area (Å²) in [4.78, 5) is 17.0. The lowest BCUT2D eigenvalue weighted by Crippen LogP contribution is -2.42. The molecule has 260 valence electrons. The Labute approximate surface area is 280 Å². The number of aryl methyl sites for hydroxylation is 1. The second kappa shape index (κ2) is 19.2. The van der Waals surface area contributed by atoms with E-state index in [0.717, 1.165) is 62.5 Å². The molecule has 0 radical (unpaired) electrons. The van der Waals surface area contributed by atoms with Crippen molar-refractivity contribution in [2.24, 2.45) is 22.6 Å². The molecular weight excluding hydrogens is 596 g/mol. The summed E-state index contributed by atoms with van der Waals surface area (Å²) in [6, 6.07) is 8.98. The molecule has 3 rings (SSSR count). The Balaban J connectivity index is 1.84. The molecule has 1 fully saturated rings. The predicted molar refractivity (Wildman–Crippen MR) is 189 cm³/mol. The van der Waals surface area contributed by atoms with Gasteiger partial charge in [-0.15, -0.1) is 0 Å². The number of guanidine groups is 1. The monoisotopic (exact) mass is 652 g/mol. The number of aromatic hydroxyl groups is 2. The quantitative estimate of drug-likeness (QED) is 0.0374. The van der Waals surface area contributed by atoms with Crippen LogP contribution in [0.15, 0.2) is 47.5 Å². The zero-order valence-corrected chi connectivity index (χ0v) is 28.9. The van der Waals surface area contributed by atoms with Crippen LogP contribution in [-0.2, 0) is 22.4 Å². The number of unbranched alkanes of at least 4 members (excludes halogenated alkanes) is 2. The third kappa shape index (κ3) is 11.8. The fourth-order valence-electron chi connectivity index (χ4n) is 6.42. The van der Waals surface area contributed by atoms with Gasteiger partial charge in [-0.2, -0.15) is 0 Å². The minimum atomic E-state index is -0.459. The number of hydrogen-bond donors (Lipinski definition) is 5. The molecule has 0 bridgehead atoms. The number of nitrogens with one attached hydrogen (secondary N) is 2. The van der Waals surface area contributed by atoms with Gasteiger partial charge in [-0.1, -0.05) is 38.3 Å². The molecule has 0 saturated heterocycles. The Kier molecular flexibility index (Phi) is 15.4. The van der Waals surface area contributed by atoms with Gasteiger partial charge in [-0.25, -0.2) is 0 Å². The van der Waals surface area contributed by atoms with Crippen molar-refractivity contribution in [2.75, 3.05) is 46.8 Å². The standard InChI is InChI=1S/C37H56N4O6/c1-6-7-8-9-26(10-13-30(42)14-11-27-12-15-32(43)33(22-27)46-5)20-29-21-31(41-36(38)40-3)35(44)34(23-29)47-37(25-39-2)18-16-28(24-37)17-19-45-4/h10,12-13,15,21-23,26,28,39,43-44H,6-9,11,14,16-20,24-25H2,1-5H3,(H3,38,40,41)/b13-10+/t26-,28-,37-/m1/s1. The molecule has 0 heterocycles. The van der Waals surface area contributed by atoms with Crippen molar-refractivity contribution < 1.29 is 29.2 Å². The first-order chi connectivity index (χ1) is 22.6. The van der Waals surface area contributed by atoms with Crippen molar-refractivity contribution in [1.29, 1.82) is 0 Å². The number of phenolic OH excluding ortho intramolecular Hbond substituents is 2. The van der Waals surface area contributed by atoms with Crippen molar-refractivity contribution in [3.8, 4) is 23.0 Å². The van der Waals surface area contributed by atoms with Crippen LogP contribution in [0.1, 0.15) is 75.8 Å². The molecule has 0 aliphatic heterocycles. The summed E-state index contributed by atoms with van der Waals surface area (Å²) in [5.41, 5.74) is 7.90. The maximum Gasteiger partial charge on any atom is 0.192 e. The van der Waals surface area contributed by atoms with Gasteiger partial charge < -0.3 is 40.8 Å². The number of nitrogens with two attached hydrogens (primary N) is 1. The molecule has 10 nitrogen and oxygen atoms in total. The van der Waals surface area contributed by atoms with Gasteiger partial charge in [0.1, 0.15) is 5.60 Å². The largest absolute Gasteiger partial charge is 0.504 e. The summed E-state index contributed by atoms with van der Waals surface area (Å²) in [5.74, 6) is 1.70. The molecule has 1 aliphatic rings. The Bertz CT molecular complexity index is 1350. The van der Waals surface area contributed by atoms with E-state index in [1.807, 2.05) is 25.3 Å². The minimum absolute atomic E-state index is 0.00437. The Morgan fingerprint density at radius 3 is 2.66 bits per heavy atom. The fraction of sp³-hybridized carbons (Fsp3) is 0.568. The van der Waals surface area contributed by atoms with Crippen LogP contribution in [0.2, 0.25) is 0 Å². The molecule has 0 spiro atoms. The molecule has 0 amide bonds. The van der Waals surface area contributed by atoms with Crippen LogP contribution in [0.4, 0.5) is 5.69 Å². The molecule has 6 N–H and O–H groups in total. The third-order valence-electron chi connectivity index (χ3n) is 9.00. The number of carbonyl (C=O) groups excluding carboxylic acids is 1. The molecule has 1 aliphatic carbocycles. The van der Waals surface area contributed by atoms with Gasteiger partial charge in [0.05, 0.1) is 12.8 Å². The normalized spacial score (nSPS) is 18.8. The predicted octanol–water partition coefficient (Wildman–Crippen LogP) is 6.13. The van der Waals surface area contributed by atoms with E-state index in [1.54, 1.807) is 38.4 Å². The lowest BCUT2D eigenvalue weighted by molar-refractivity contribution is -0.114. The SMILES string of the molecule is CCCCC[C@H](/C=C/C(=O)CCc1ccc(O)c(OC)c1)Cc1cc(NC(N)=NC)c(O)c(O[C@]2(CNC)CC[C@H](CCOC)C2)c1. The summed E-state index contributed by atoms with van der Waals surface area (Å²) in [7, 11) is 6.75. The van der Waals surface area contributed by atoms with Crippen molar-refractivity contribution in [3.63, 3.8) is 0 Å². The number of likely N-dealkylation sites (N-methyl/N-ethyl adjacent to an activating group) is 1. The van der Waals surface area contributed by atoms with Crippen LogP contribution in [0.5, 0.6) is 23.0 Å². The average Bonchev–Trinajstić information content (AvgIpc) is 3.46. The van der Waals surface area contributed by atoms with E-state index >= 15 is 0 Å². The molecule has 47 heavy (non-hydrogen) atoms. The number of ketones is 1. The first-order valence-corrected chi connectivity index (χ1v) is 16.9. The number of allylic oxidation sites excluding steroid dienone is 2. The van der Waals surface area contributed by atoms with Gasteiger partial charge in [0, 0.05) is 33.7 Å². The van der Waals surface area contributed by atoms with Crippen LogP contribution in [-0.4, -0.2) is 69.0 Å². The number of hydrogen-bond acceptors (Lipinski definition) is 8. The second-order valence-electron chi connectivity index (χ2n) is 12.7. The maximum atomic E-state index is 12.9. The number of rotatable bonds is 20. The lowest BCUT2D eigenvalue weighted by Gasteiger charge is -2.32. The Morgan fingerprint density at radius 1 is 1.17 bits per heavy atom. The molecule has 3 atom stereocenters. The number of ether oxygens (including phenoxy) is 3. The summed E-state index contributed by atoms with van der Waals surface area (Å²) in [6.07, 6.45) is 13.2. The van der Waals surface area contributed by atoms with Crippen LogP contribution < -0.4 is 25.8 Å². The van der Waals surface area contributed by atoms with Crippen LogP contribution >= 0.6 is 0 Å². The second-order valence-corrected chi connectivity index (χ2v) is 12.7. The zero-order valence-electron chi connectivity index (χ0n) is 28.9. The van der Waals surface area contributed by atoms with E-state index in [0.29, 0.717) is 55.5 Å². The number of carbonyl (C=O) groups is 1. The number of benzene rings is 2. The van der Waals surface area contributed by atoms with Crippen molar-refractivity contribution in [2.45, 2.75) is 83.2 Å². The number of phenols is 2. The average molecular weight is 653 g/mol. The van der Waals surface area contributed by atoms with Crippen LogP contribution in [0.3, 0.4) is 0 Å². The van der Waals surface area contributed by atoms with Crippen LogP contribution in [0.25, 0.3) is 0 Å². The van der Waals surface area contributed by atoms with E-state index in [9.17, 15) is 15.0 Å². The first-order valence-electron chi connectivity index (χ1n) is 16.9. The number of methoxy groups -OCH3 is 2. The smallest absolute Gasteiger partial charge is 0.192 e.